The highest BCUT2D eigenvalue weighted by molar-refractivity contribution is 6.32. The van der Waals surface area contributed by atoms with E-state index < -0.39 is 17.4 Å². The Morgan fingerprint density at radius 3 is 2.37 bits per heavy atom. The molecule has 0 unspecified atom stereocenters. The Hall–Kier alpha value is -2.48. The van der Waals surface area contributed by atoms with Crippen molar-refractivity contribution in [2.45, 2.75) is 44.1 Å². The van der Waals surface area contributed by atoms with Gasteiger partial charge < -0.3 is 24.4 Å². The van der Waals surface area contributed by atoms with Crippen LogP contribution in [0.5, 0.6) is 11.5 Å². The van der Waals surface area contributed by atoms with Crippen molar-refractivity contribution in [3.05, 3.63) is 17.2 Å². The molecule has 1 aromatic carbocycles. The third kappa shape index (κ3) is 4.19. The van der Waals surface area contributed by atoms with Crippen LogP contribution in [-0.4, -0.2) is 51.2 Å². The summed E-state index contributed by atoms with van der Waals surface area (Å²) in [6, 6.07) is 3.20. The van der Waals surface area contributed by atoms with Crippen LogP contribution in [0.1, 0.15) is 38.5 Å². The average molecular weight is 439 g/mol. The molecular weight excluding hydrogens is 412 g/mol. The maximum atomic E-state index is 13.0. The highest BCUT2D eigenvalue weighted by Gasteiger charge is 2.45. The second-order valence-electron chi connectivity index (χ2n) is 7.69. The Bertz CT molecular complexity index is 837. The van der Waals surface area contributed by atoms with E-state index in [-0.39, 0.29) is 24.8 Å². The molecule has 8 nitrogen and oxygen atoms in total. The molecule has 1 saturated heterocycles. The predicted octanol–water partition coefficient (Wildman–Crippen LogP) is 2.70. The second-order valence-corrected chi connectivity index (χ2v) is 8.09. The van der Waals surface area contributed by atoms with Gasteiger partial charge in [0.25, 0.3) is 0 Å². The van der Waals surface area contributed by atoms with Gasteiger partial charge in [-0.15, -0.1) is 0 Å². The van der Waals surface area contributed by atoms with Gasteiger partial charge in [-0.2, -0.15) is 0 Å². The number of carbonyl (C=O) groups is 3. The predicted molar refractivity (Wildman–Crippen MR) is 111 cm³/mol. The Labute approximate surface area is 180 Å². The van der Waals surface area contributed by atoms with Crippen LogP contribution in [-0.2, 0) is 19.1 Å². The maximum Gasteiger partial charge on any atom is 0.331 e. The number of anilines is 1. The van der Waals surface area contributed by atoms with Gasteiger partial charge in [-0.1, -0.05) is 30.9 Å². The number of benzene rings is 1. The number of rotatable bonds is 6. The van der Waals surface area contributed by atoms with Crippen LogP contribution in [0.15, 0.2) is 12.1 Å². The van der Waals surface area contributed by atoms with Crippen molar-refractivity contribution in [3.8, 4) is 11.5 Å². The minimum atomic E-state index is -1.01. The van der Waals surface area contributed by atoms with Crippen molar-refractivity contribution in [3.63, 3.8) is 0 Å². The van der Waals surface area contributed by atoms with Crippen molar-refractivity contribution in [1.29, 1.82) is 0 Å². The summed E-state index contributed by atoms with van der Waals surface area (Å²) in [5, 5.41) is 3.24. The summed E-state index contributed by atoms with van der Waals surface area (Å²) < 4.78 is 15.5. The lowest BCUT2D eigenvalue weighted by Gasteiger charge is -2.35. The van der Waals surface area contributed by atoms with Gasteiger partial charge in [0.05, 0.1) is 38.0 Å². The molecule has 1 aliphatic carbocycles. The first-order valence-corrected chi connectivity index (χ1v) is 10.4. The fourth-order valence-electron chi connectivity index (χ4n) is 4.24. The van der Waals surface area contributed by atoms with Crippen LogP contribution in [0, 0.1) is 5.92 Å². The van der Waals surface area contributed by atoms with E-state index in [2.05, 4.69) is 5.32 Å². The SMILES string of the molecule is COC(=O)C1(NC(=O)[C@@H]2CC(=O)N(c3cc(Cl)c(OC)cc3OC)C2)CCCCC1. The van der Waals surface area contributed by atoms with Crippen LogP contribution < -0.4 is 19.7 Å². The third-order valence-electron chi connectivity index (χ3n) is 5.89. The number of nitrogens with one attached hydrogen (secondary N) is 1. The molecule has 0 aromatic heterocycles. The summed E-state index contributed by atoms with van der Waals surface area (Å²) in [5.74, 6) is -0.714. The molecule has 0 spiro atoms. The zero-order valence-electron chi connectivity index (χ0n) is 17.5. The summed E-state index contributed by atoms with van der Waals surface area (Å²) in [6.07, 6.45) is 3.81. The molecule has 2 amide bonds. The van der Waals surface area contributed by atoms with E-state index in [4.69, 9.17) is 25.8 Å². The number of carbonyl (C=O) groups excluding carboxylic acids is 3. The van der Waals surface area contributed by atoms with Crippen LogP contribution >= 0.6 is 11.6 Å². The molecule has 2 aliphatic rings. The zero-order valence-corrected chi connectivity index (χ0v) is 18.2. The molecule has 2 fully saturated rings. The van der Waals surface area contributed by atoms with Gasteiger partial charge in [0.1, 0.15) is 17.0 Å². The molecule has 9 heteroatoms. The summed E-state index contributed by atoms with van der Waals surface area (Å²) in [5.41, 5.74) is -0.536. The standard InChI is InChI=1S/C21H27ClN2O6/c1-28-16-11-17(29-2)15(10-14(16)22)24-12-13(9-18(24)25)19(26)23-21(20(27)30-3)7-5-4-6-8-21/h10-11,13H,4-9,12H2,1-3H3,(H,23,26)/t13-/m1/s1. The van der Waals surface area contributed by atoms with Crippen LogP contribution in [0.4, 0.5) is 5.69 Å². The summed E-state index contributed by atoms with van der Waals surface area (Å²) in [4.78, 5) is 39.6. The van der Waals surface area contributed by atoms with E-state index in [0.29, 0.717) is 35.1 Å². The Morgan fingerprint density at radius 2 is 1.77 bits per heavy atom. The van der Waals surface area contributed by atoms with E-state index in [1.807, 2.05) is 0 Å². The number of esters is 1. The molecule has 164 valence electrons. The van der Waals surface area contributed by atoms with E-state index in [0.717, 1.165) is 19.3 Å². The first-order chi connectivity index (χ1) is 14.3. The Kier molecular flexibility index (Phi) is 6.75. The van der Waals surface area contributed by atoms with Crippen molar-refractivity contribution in [1.82, 2.24) is 5.32 Å². The minimum Gasteiger partial charge on any atom is -0.495 e. The monoisotopic (exact) mass is 438 g/mol. The van der Waals surface area contributed by atoms with Gasteiger partial charge in [0.2, 0.25) is 11.8 Å². The van der Waals surface area contributed by atoms with Crippen molar-refractivity contribution in [2.75, 3.05) is 32.8 Å². The third-order valence-corrected chi connectivity index (χ3v) is 6.18. The maximum absolute atomic E-state index is 13.0. The van der Waals surface area contributed by atoms with Crippen molar-refractivity contribution in [2.24, 2.45) is 5.92 Å². The quantitative estimate of drug-likeness (QED) is 0.686. The number of amides is 2. The first kappa shape index (κ1) is 22.2. The molecule has 0 bridgehead atoms. The lowest BCUT2D eigenvalue weighted by molar-refractivity contribution is -0.153. The largest absolute Gasteiger partial charge is 0.495 e. The van der Waals surface area contributed by atoms with Crippen molar-refractivity contribution < 1.29 is 28.6 Å². The normalized spacial score (nSPS) is 20.6. The lowest BCUT2D eigenvalue weighted by Crippen LogP contribution is -2.57. The number of hydrogen-bond acceptors (Lipinski definition) is 6. The summed E-state index contributed by atoms with van der Waals surface area (Å²) >= 11 is 6.23. The fourth-order valence-corrected chi connectivity index (χ4v) is 4.47. The highest BCUT2D eigenvalue weighted by Crippen LogP contribution is 2.40. The molecule has 0 radical (unpaired) electrons. The number of halogens is 1. The van der Waals surface area contributed by atoms with E-state index in [1.165, 1.54) is 26.2 Å². The Balaban J connectivity index is 1.79. The summed E-state index contributed by atoms with van der Waals surface area (Å²) in [7, 11) is 4.30. The average Bonchev–Trinajstić information content (AvgIpc) is 3.15. The molecule has 30 heavy (non-hydrogen) atoms. The molecule has 1 saturated carbocycles. The molecule has 1 aliphatic heterocycles. The number of ether oxygens (including phenoxy) is 3. The minimum absolute atomic E-state index is 0.0376. The first-order valence-electron chi connectivity index (χ1n) is 9.97. The van der Waals surface area contributed by atoms with Gasteiger partial charge in [0.15, 0.2) is 0 Å². The van der Waals surface area contributed by atoms with Gasteiger partial charge in [-0.3, -0.25) is 9.59 Å². The van der Waals surface area contributed by atoms with Crippen molar-refractivity contribution >= 4 is 35.1 Å². The number of methoxy groups -OCH3 is 3. The second kappa shape index (κ2) is 9.12. The topological polar surface area (TPSA) is 94.2 Å². The van der Waals surface area contributed by atoms with Crippen LogP contribution in [0.25, 0.3) is 0 Å². The van der Waals surface area contributed by atoms with Gasteiger partial charge in [0, 0.05) is 19.0 Å². The van der Waals surface area contributed by atoms with E-state index >= 15 is 0 Å². The molecule has 1 heterocycles. The molecular formula is C21H27ClN2O6. The molecule has 1 aromatic rings. The Morgan fingerprint density at radius 1 is 1.10 bits per heavy atom. The van der Waals surface area contributed by atoms with E-state index in [1.54, 1.807) is 12.1 Å². The van der Waals surface area contributed by atoms with Gasteiger partial charge >= 0.3 is 5.97 Å². The highest BCUT2D eigenvalue weighted by atomic mass is 35.5. The van der Waals surface area contributed by atoms with Crippen LogP contribution in [0.3, 0.4) is 0 Å². The van der Waals surface area contributed by atoms with E-state index in [9.17, 15) is 14.4 Å². The number of nitrogens with zero attached hydrogens (tertiary/aromatic N) is 1. The summed E-state index contributed by atoms with van der Waals surface area (Å²) in [6.45, 7) is 0.168. The molecule has 1 N–H and O–H groups in total. The molecule has 1 atom stereocenters. The smallest absolute Gasteiger partial charge is 0.331 e. The lowest BCUT2D eigenvalue weighted by atomic mass is 9.81. The number of hydrogen-bond donors (Lipinski definition) is 1. The van der Waals surface area contributed by atoms with Crippen LogP contribution in [0.2, 0.25) is 5.02 Å². The zero-order chi connectivity index (χ0) is 21.9. The van der Waals surface area contributed by atoms with Gasteiger partial charge in [-0.05, 0) is 18.9 Å². The van der Waals surface area contributed by atoms with Gasteiger partial charge in [-0.25, -0.2) is 4.79 Å². The fraction of sp³-hybridized carbons (Fsp3) is 0.571. The molecule has 3 rings (SSSR count).